The second kappa shape index (κ2) is 5.69. The summed E-state index contributed by atoms with van der Waals surface area (Å²) in [7, 11) is 1.58. The molecular weight excluding hydrogens is 284 g/mol. The van der Waals surface area contributed by atoms with E-state index in [-0.39, 0.29) is 11.5 Å². The Morgan fingerprint density at radius 3 is 2.32 bits per heavy atom. The van der Waals surface area contributed by atoms with Crippen LogP contribution in [-0.2, 0) is 0 Å². The van der Waals surface area contributed by atoms with Crippen molar-refractivity contribution in [2.75, 3.05) is 7.11 Å². The summed E-state index contributed by atoms with van der Waals surface area (Å²) in [6.45, 7) is 0. The number of benzene rings is 2. The Morgan fingerprint density at radius 1 is 1.05 bits per heavy atom. The van der Waals surface area contributed by atoms with Crippen molar-refractivity contribution in [3.8, 4) is 28.7 Å². The van der Waals surface area contributed by atoms with Crippen LogP contribution in [0.3, 0.4) is 0 Å². The van der Waals surface area contributed by atoms with Crippen LogP contribution in [0.2, 0.25) is 0 Å². The molecule has 0 spiro atoms. The molecule has 0 aliphatic rings. The lowest BCUT2D eigenvalue weighted by atomic mass is 10.1. The lowest BCUT2D eigenvalue weighted by molar-refractivity contribution is 0.0697. The molecule has 0 atom stereocenters. The van der Waals surface area contributed by atoms with Gasteiger partial charge >= 0.3 is 5.97 Å². The summed E-state index contributed by atoms with van der Waals surface area (Å²) in [4.78, 5) is 11.0. The highest BCUT2D eigenvalue weighted by Crippen LogP contribution is 2.26. The van der Waals surface area contributed by atoms with E-state index in [2.05, 4.69) is 10.2 Å². The Kier molecular flexibility index (Phi) is 3.57. The molecule has 0 aliphatic carbocycles. The van der Waals surface area contributed by atoms with Gasteiger partial charge in [-0.2, -0.15) is 0 Å². The Labute approximate surface area is 126 Å². The number of carboxylic acids is 1. The van der Waals surface area contributed by atoms with E-state index in [9.17, 15) is 4.79 Å². The van der Waals surface area contributed by atoms with E-state index in [1.807, 2.05) is 18.2 Å². The van der Waals surface area contributed by atoms with Crippen molar-refractivity contribution in [1.29, 1.82) is 0 Å². The van der Waals surface area contributed by atoms with Crippen LogP contribution in [0.4, 0.5) is 0 Å². The third-order valence-electron chi connectivity index (χ3n) is 3.10. The largest absolute Gasteiger partial charge is 0.497 e. The summed E-state index contributed by atoms with van der Waals surface area (Å²) in [6, 6.07) is 13.6. The maximum Gasteiger partial charge on any atom is 0.335 e. The predicted octanol–water partition coefficient (Wildman–Crippen LogP) is 3.11. The van der Waals surface area contributed by atoms with Crippen LogP contribution >= 0.6 is 0 Å². The maximum absolute atomic E-state index is 11.0. The Morgan fingerprint density at radius 2 is 1.68 bits per heavy atom. The van der Waals surface area contributed by atoms with Crippen molar-refractivity contribution in [1.82, 2.24) is 10.2 Å². The monoisotopic (exact) mass is 296 g/mol. The van der Waals surface area contributed by atoms with E-state index in [1.54, 1.807) is 25.3 Å². The number of ether oxygens (including phenoxy) is 1. The summed E-state index contributed by atoms with van der Waals surface area (Å²) in [5, 5.41) is 17.0. The molecule has 3 aromatic rings. The van der Waals surface area contributed by atoms with E-state index in [1.165, 1.54) is 12.1 Å². The minimum absolute atomic E-state index is 0.165. The van der Waals surface area contributed by atoms with Crippen molar-refractivity contribution in [3.63, 3.8) is 0 Å². The molecule has 0 bridgehead atoms. The number of rotatable bonds is 4. The van der Waals surface area contributed by atoms with Gasteiger partial charge in [0.05, 0.1) is 12.7 Å². The van der Waals surface area contributed by atoms with Crippen molar-refractivity contribution >= 4 is 5.97 Å². The van der Waals surface area contributed by atoms with E-state index >= 15 is 0 Å². The van der Waals surface area contributed by atoms with Gasteiger partial charge in [0, 0.05) is 11.1 Å². The van der Waals surface area contributed by atoms with Crippen LogP contribution < -0.4 is 4.74 Å². The van der Waals surface area contributed by atoms with Gasteiger partial charge in [-0.1, -0.05) is 12.1 Å². The minimum atomic E-state index is -1.01. The molecule has 0 amide bonds. The number of methoxy groups -OCH3 is 1. The third kappa shape index (κ3) is 2.67. The quantitative estimate of drug-likeness (QED) is 0.796. The molecule has 2 aromatic carbocycles. The average molecular weight is 296 g/mol. The summed E-state index contributed by atoms with van der Waals surface area (Å²) in [5.74, 6) is 0.287. The molecule has 0 unspecified atom stereocenters. The number of hydrogen-bond acceptors (Lipinski definition) is 5. The standard InChI is InChI=1S/C16H12N2O4/c1-21-13-7-3-5-11(9-13)15-18-17-14(22-15)10-4-2-6-12(8-10)16(19)20/h2-9H,1H3,(H,19,20). The first-order chi connectivity index (χ1) is 10.7. The zero-order chi connectivity index (χ0) is 15.5. The fourth-order valence-electron chi connectivity index (χ4n) is 2.00. The number of hydrogen-bond donors (Lipinski definition) is 1. The van der Waals surface area contributed by atoms with Crippen molar-refractivity contribution < 1.29 is 19.1 Å². The van der Waals surface area contributed by atoms with Crippen LogP contribution in [0.1, 0.15) is 10.4 Å². The summed E-state index contributed by atoms with van der Waals surface area (Å²) in [6.07, 6.45) is 0. The SMILES string of the molecule is COc1cccc(-c2nnc(-c3cccc(C(=O)O)c3)o2)c1. The highest BCUT2D eigenvalue weighted by atomic mass is 16.5. The average Bonchev–Trinajstić information content (AvgIpc) is 3.05. The second-order valence-corrected chi connectivity index (χ2v) is 4.53. The number of aromatic nitrogens is 2. The molecule has 0 radical (unpaired) electrons. The molecule has 110 valence electrons. The fraction of sp³-hybridized carbons (Fsp3) is 0.0625. The molecule has 0 fully saturated rings. The molecule has 3 rings (SSSR count). The van der Waals surface area contributed by atoms with Gasteiger partial charge in [0.1, 0.15) is 5.75 Å². The first-order valence-corrected chi connectivity index (χ1v) is 6.49. The highest BCUT2D eigenvalue weighted by Gasteiger charge is 2.12. The second-order valence-electron chi connectivity index (χ2n) is 4.53. The first kappa shape index (κ1) is 13.8. The van der Waals surface area contributed by atoms with E-state index in [0.717, 1.165) is 5.56 Å². The van der Waals surface area contributed by atoms with Crippen LogP contribution in [0, 0.1) is 0 Å². The smallest absolute Gasteiger partial charge is 0.335 e. The molecular formula is C16H12N2O4. The Hall–Kier alpha value is -3.15. The molecule has 1 heterocycles. The number of carboxylic acid groups (broad SMARTS) is 1. The Bertz CT molecular complexity index is 826. The Balaban J connectivity index is 1.96. The van der Waals surface area contributed by atoms with Gasteiger partial charge in [0.2, 0.25) is 11.8 Å². The van der Waals surface area contributed by atoms with Gasteiger partial charge in [-0.3, -0.25) is 0 Å². The van der Waals surface area contributed by atoms with Gasteiger partial charge < -0.3 is 14.3 Å². The molecule has 6 heteroatoms. The number of aromatic carboxylic acids is 1. The summed E-state index contributed by atoms with van der Waals surface area (Å²) >= 11 is 0. The molecule has 22 heavy (non-hydrogen) atoms. The third-order valence-corrected chi connectivity index (χ3v) is 3.10. The number of carbonyl (C=O) groups is 1. The van der Waals surface area contributed by atoms with Crippen LogP contribution in [-0.4, -0.2) is 28.4 Å². The minimum Gasteiger partial charge on any atom is -0.497 e. The summed E-state index contributed by atoms with van der Waals surface area (Å²) in [5.41, 5.74) is 1.45. The van der Waals surface area contributed by atoms with E-state index in [4.69, 9.17) is 14.3 Å². The van der Waals surface area contributed by atoms with Crippen LogP contribution in [0.15, 0.2) is 52.9 Å². The molecule has 1 N–H and O–H groups in total. The van der Waals surface area contributed by atoms with Gasteiger partial charge in [0.25, 0.3) is 0 Å². The van der Waals surface area contributed by atoms with Crippen molar-refractivity contribution in [2.24, 2.45) is 0 Å². The molecule has 0 saturated carbocycles. The fourth-order valence-corrected chi connectivity index (χ4v) is 2.00. The van der Waals surface area contributed by atoms with Gasteiger partial charge in [0.15, 0.2) is 0 Å². The molecule has 1 aromatic heterocycles. The lowest BCUT2D eigenvalue weighted by Crippen LogP contribution is -1.95. The normalized spacial score (nSPS) is 10.4. The highest BCUT2D eigenvalue weighted by molar-refractivity contribution is 5.88. The lowest BCUT2D eigenvalue weighted by Gasteiger charge is -2.00. The van der Waals surface area contributed by atoms with Gasteiger partial charge in [-0.25, -0.2) is 4.79 Å². The van der Waals surface area contributed by atoms with Crippen LogP contribution in [0.25, 0.3) is 22.9 Å². The first-order valence-electron chi connectivity index (χ1n) is 6.49. The van der Waals surface area contributed by atoms with E-state index in [0.29, 0.717) is 17.2 Å². The predicted molar refractivity (Wildman–Crippen MR) is 78.7 cm³/mol. The topological polar surface area (TPSA) is 85.5 Å². The van der Waals surface area contributed by atoms with Crippen molar-refractivity contribution in [2.45, 2.75) is 0 Å². The van der Waals surface area contributed by atoms with Crippen LogP contribution in [0.5, 0.6) is 5.75 Å². The van der Waals surface area contributed by atoms with Gasteiger partial charge in [-0.05, 0) is 36.4 Å². The molecule has 6 nitrogen and oxygen atoms in total. The number of nitrogens with zero attached hydrogens (tertiary/aromatic N) is 2. The zero-order valence-corrected chi connectivity index (χ0v) is 11.7. The maximum atomic E-state index is 11.0. The molecule has 0 aliphatic heterocycles. The van der Waals surface area contributed by atoms with E-state index < -0.39 is 5.97 Å². The zero-order valence-electron chi connectivity index (χ0n) is 11.7. The summed E-state index contributed by atoms with van der Waals surface area (Å²) < 4.78 is 10.8. The van der Waals surface area contributed by atoms with Gasteiger partial charge in [-0.15, -0.1) is 10.2 Å². The van der Waals surface area contributed by atoms with Crippen molar-refractivity contribution in [3.05, 3.63) is 54.1 Å². The molecule has 0 saturated heterocycles.